The number of rotatable bonds is 12. The van der Waals surface area contributed by atoms with E-state index in [1.807, 2.05) is 0 Å². The number of amides is 3. The minimum Gasteiger partial charge on any atom is -0.370 e. The van der Waals surface area contributed by atoms with E-state index in [-0.39, 0.29) is 24.7 Å². The van der Waals surface area contributed by atoms with Crippen LogP contribution in [0, 0.1) is 11.7 Å². The van der Waals surface area contributed by atoms with Gasteiger partial charge in [-0.2, -0.15) is 0 Å². The highest BCUT2D eigenvalue weighted by Gasteiger charge is 2.30. The number of primary amides is 1. The standard InChI is InChI=1S/C28H38FN7O3/c29-20-10-6-19(7-11-20)15-23(25(31)37)35-27(39)24(16-17-4-2-1-3-5-17)36-26(38)22(30)14-18-8-12-21(13-9-18)34-28(32)33/h6-13,17,22-24H,1-5,14-16,30H2,(H2,31,37)(H,35,39)(H,36,38)(H4,32,33,34)/t22?,23-,24-/m0/s1. The van der Waals surface area contributed by atoms with E-state index in [9.17, 15) is 18.8 Å². The van der Waals surface area contributed by atoms with Crippen LogP contribution < -0.4 is 33.6 Å². The molecule has 0 aromatic heterocycles. The van der Waals surface area contributed by atoms with Gasteiger partial charge in [0.15, 0.2) is 5.96 Å². The number of hydrogen-bond donors (Lipinski definition) is 6. The van der Waals surface area contributed by atoms with Crippen molar-refractivity contribution < 1.29 is 18.8 Å². The van der Waals surface area contributed by atoms with Crippen LogP contribution >= 0.6 is 0 Å². The van der Waals surface area contributed by atoms with Gasteiger partial charge in [0.25, 0.3) is 0 Å². The summed E-state index contributed by atoms with van der Waals surface area (Å²) >= 11 is 0. The monoisotopic (exact) mass is 539 g/mol. The summed E-state index contributed by atoms with van der Waals surface area (Å²) in [5, 5.41) is 5.49. The molecule has 3 atom stereocenters. The number of carbonyl (C=O) groups is 3. The summed E-state index contributed by atoms with van der Waals surface area (Å²) in [6, 6.07) is 9.76. The Kier molecular flexibility index (Phi) is 10.8. The molecule has 0 heterocycles. The lowest BCUT2D eigenvalue weighted by atomic mass is 9.84. The van der Waals surface area contributed by atoms with Gasteiger partial charge in [-0.25, -0.2) is 9.38 Å². The average Bonchev–Trinajstić information content (AvgIpc) is 2.90. The van der Waals surface area contributed by atoms with E-state index in [1.165, 1.54) is 24.3 Å². The first kappa shape index (κ1) is 29.6. The fourth-order valence-electron chi connectivity index (χ4n) is 4.82. The molecule has 11 heteroatoms. The van der Waals surface area contributed by atoms with E-state index in [2.05, 4.69) is 15.6 Å². The molecule has 0 aliphatic heterocycles. The Morgan fingerprint density at radius 2 is 1.38 bits per heavy atom. The van der Waals surface area contributed by atoms with Crippen LogP contribution in [0.5, 0.6) is 0 Å². The van der Waals surface area contributed by atoms with E-state index in [1.54, 1.807) is 24.3 Å². The zero-order chi connectivity index (χ0) is 28.4. The molecule has 0 spiro atoms. The maximum atomic E-state index is 13.4. The van der Waals surface area contributed by atoms with E-state index in [0.29, 0.717) is 17.7 Å². The van der Waals surface area contributed by atoms with Gasteiger partial charge in [0, 0.05) is 6.42 Å². The molecule has 10 N–H and O–H groups in total. The van der Waals surface area contributed by atoms with Gasteiger partial charge in [0.2, 0.25) is 17.7 Å². The van der Waals surface area contributed by atoms with E-state index >= 15 is 0 Å². The maximum absolute atomic E-state index is 13.4. The van der Waals surface area contributed by atoms with E-state index in [0.717, 1.165) is 37.7 Å². The number of hydrogen-bond acceptors (Lipinski definition) is 5. The third kappa shape index (κ3) is 9.68. The van der Waals surface area contributed by atoms with Crippen molar-refractivity contribution in [1.82, 2.24) is 10.6 Å². The average molecular weight is 540 g/mol. The Balaban J connectivity index is 1.68. The van der Waals surface area contributed by atoms with Crippen molar-refractivity contribution >= 4 is 29.4 Å². The topological polar surface area (TPSA) is 192 Å². The van der Waals surface area contributed by atoms with Crippen LogP contribution in [0.4, 0.5) is 10.1 Å². The van der Waals surface area contributed by atoms with Crippen molar-refractivity contribution in [2.75, 3.05) is 0 Å². The lowest BCUT2D eigenvalue weighted by Crippen LogP contribution is -2.56. The SMILES string of the molecule is NC(=O)[C@H](Cc1ccc(F)cc1)NC(=O)[C@H](CC1CCCCC1)NC(=O)C(N)Cc1ccc(N=C(N)N)cc1. The summed E-state index contributed by atoms with van der Waals surface area (Å²) < 4.78 is 13.3. The highest BCUT2D eigenvalue weighted by atomic mass is 19.1. The quantitative estimate of drug-likeness (QED) is 0.174. The molecule has 210 valence electrons. The predicted molar refractivity (Wildman–Crippen MR) is 148 cm³/mol. The molecule has 1 aliphatic carbocycles. The van der Waals surface area contributed by atoms with Gasteiger partial charge in [-0.3, -0.25) is 14.4 Å². The van der Waals surface area contributed by atoms with Crippen LogP contribution in [-0.4, -0.2) is 41.8 Å². The van der Waals surface area contributed by atoms with Crippen molar-refractivity contribution in [2.24, 2.45) is 33.8 Å². The van der Waals surface area contributed by atoms with Gasteiger partial charge < -0.3 is 33.6 Å². The zero-order valence-electron chi connectivity index (χ0n) is 21.9. The predicted octanol–water partition coefficient (Wildman–Crippen LogP) is 1.27. The third-order valence-corrected chi connectivity index (χ3v) is 6.93. The highest BCUT2D eigenvalue weighted by molar-refractivity contribution is 5.92. The van der Waals surface area contributed by atoms with Gasteiger partial charge in [-0.05, 0) is 54.2 Å². The van der Waals surface area contributed by atoms with Crippen LogP contribution in [-0.2, 0) is 27.2 Å². The number of nitrogens with zero attached hydrogens (tertiary/aromatic N) is 1. The van der Waals surface area contributed by atoms with Crippen molar-refractivity contribution in [3.05, 3.63) is 65.5 Å². The van der Waals surface area contributed by atoms with Gasteiger partial charge >= 0.3 is 0 Å². The fourth-order valence-corrected chi connectivity index (χ4v) is 4.82. The Morgan fingerprint density at radius 1 is 0.821 bits per heavy atom. The number of carbonyl (C=O) groups excluding carboxylic acids is 3. The van der Waals surface area contributed by atoms with Crippen molar-refractivity contribution in [3.63, 3.8) is 0 Å². The molecule has 10 nitrogen and oxygen atoms in total. The van der Waals surface area contributed by atoms with Gasteiger partial charge in [-0.15, -0.1) is 0 Å². The second-order valence-electron chi connectivity index (χ2n) is 10.1. The second kappa shape index (κ2) is 14.2. The minimum atomic E-state index is -1.02. The molecule has 39 heavy (non-hydrogen) atoms. The van der Waals surface area contributed by atoms with Crippen LogP contribution in [0.15, 0.2) is 53.5 Å². The number of halogens is 1. The van der Waals surface area contributed by atoms with Gasteiger partial charge in [0.05, 0.1) is 11.7 Å². The maximum Gasteiger partial charge on any atom is 0.243 e. The zero-order valence-corrected chi connectivity index (χ0v) is 21.9. The largest absolute Gasteiger partial charge is 0.370 e. The number of benzene rings is 2. The first-order valence-corrected chi connectivity index (χ1v) is 13.2. The lowest BCUT2D eigenvalue weighted by Gasteiger charge is -2.28. The Labute approximate surface area is 227 Å². The van der Waals surface area contributed by atoms with Crippen LogP contribution in [0.2, 0.25) is 0 Å². The van der Waals surface area contributed by atoms with Crippen LogP contribution in [0.25, 0.3) is 0 Å². The fraction of sp³-hybridized carbons (Fsp3) is 0.429. The number of nitrogens with one attached hydrogen (secondary N) is 2. The summed E-state index contributed by atoms with van der Waals surface area (Å²) in [5.41, 5.74) is 24.6. The molecular formula is C28H38FN7O3. The van der Waals surface area contributed by atoms with Crippen molar-refractivity contribution in [2.45, 2.75) is 69.5 Å². The summed E-state index contributed by atoms with van der Waals surface area (Å²) in [4.78, 5) is 42.5. The smallest absolute Gasteiger partial charge is 0.243 e. The number of aliphatic imine (C=N–C) groups is 1. The van der Waals surface area contributed by atoms with Gasteiger partial charge in [-0.1, -0.05) is 56.4 Å². The Bertz CT molecular complexity index is 1140. The van der Waals surface area contributed by atoms with E-state index < -0.39 is 41.7 Å². The molecule has 0 saturated heterocycles. The lowest BCUT2D eigenvalue weighted by molar-refractivity contribution is -0.132. The summed E-state index contributed by atoms with van der Waals surface area (Å²) in [6.45, 7) is 0. The Morgan fingerprint density at radius 3 is 1.97 bits per heavy atom. The van der Waals surface area contributed by atoms with E-state index in [4.69, 9.17) is 22.9 Å². The first-order chi connectivity index (χ1) is 18.6. The summed E-state index contributed by atoms with van der Waals surface area (Å²) in [5.74, 6) is -1.91. The molecule has 1 unspecified atom stereocenters. The van der Waals surface area contributed by atoms with Crippen LogP contribution in [0.1, 0.15) is 49.7 Å². The van der Waals surface area contributed by atoms with Gasteiger partial charge in [0.1, 0.15) is 17.9 Å². The molecule has 3 rings (SSSR count). The molecule has 0 bridgehead atoms. The third-order valence-electron chi connectivity index (χ3n) is 6.93. The highest BCUT2D eigenvalue weighted by Crippen LogP contribution is 2.27. The second-order valence-corrected chi connectivity index (χ2v) is 10.1. The summed E-state index contributed by atoms with van der Waals surface area (Å²) in [7, 11) is 0. The molecule has 2 aromatic carbocycles. The van der Waals surface area contributed by atoms with Crippen molar-refractivity contribution in [1.29, 1.82) is 0 Å². The normalized spacial score (nSPS) is 15.9. The molecular weight excluding hydrogens is 501 g/mol. The molecule has 1 saturated carbocycles. The molecule has 1 fully saturated rings. The molecule has 0 radical (unpaired) electrons. The minimum absolute atomic E-state index is 0.0580. The molecule has 1 aliphatic rings. The van der Waals surface area contributed by atoms with Crippen LogP contribution in [0.3, 0.4) is 0 Å². The first-order valence-electron chi connectivity index (χ1n) is 13.2. The number of guanidine groups is 1. The van der Waals surface area contributed by atoms with Crippen molar-refractivity contribution in [3.8, 4) is 0 Å². The summed E-state index contributed by atoms with van der Waals surface area (Å²) in [6.07, 6.45) is 5.97. The molecule has 2 aromatic rings. The number of nitrogens with two attached hydrogens (primary N) is 4. The molecule has 3 amide bonds. The Hall–Kier alpha value is -3.99.